The van der Waals surface area contributed by atoms with E-state index >= 15 is 0 Å². The zero-order valence-corrected chi connectivity index (χ0v) is 54.6. The van der Waals surface area contributed by atoms with Gasteiger partial charge in [-0.25, -0.2) is 29.9 Å². The van der Waals surface area contributed by atoms with Crippen LogP contribution in [-0.4, -0.2) is 138 Å². The molecule has 3 aliphatic heterocycles. The number of hydrogen-bond donors (Lipinski definition) is 0. The van der Waals surface area contributed by atoms with E-state index in [0.717, 1.165) is 184 Å². The summed E-state index contributed by atoms with van der Waals surface area (Å²) in [5, 5.41) is 11.7. The molecule has 3 fully saturated rings. The number of fused-ring (bicyclic) bond motifs is 6. The van der Waals surface area contributed by atoms with Crippen LogP contribution < -0.4 is 44.1 Å². The summed E-state index contributed by atoms with van der Waals surface area (Å²) in [4.78, 5) is 85.6. The van der Waals surface area contributed by atoms with Crippen LogP contribution in [0.3, 0.4) is 0 Å². The Hall–Kier alpha value is -9.17. The van der Waals surface area contributed by atoms with Gasteiger partial charge in [0.1, 0.15) is 5.15 Å². The van der Waals surface area contributed by atoms with Crippen molar-refractivity contribution in [2.75, 3.05) is 60.6 Å². The fourth-order valence-electron chi connectivity index (χ4n) is 11.7. The molecule has 0 radical (unpaired) electrons. The standard InChI is InChI=1S/2C24H22N4O2.C23H19ClN4O.CH3O.Na/c2*1-30-23-10-7-16-13-17(5-8-19(16)27-23)22-15-25-20-9-6-18(14-21(20)26-22)24(29)28-11-3-2-4-12-28;24-22-9-6-15-12-16(4-7-18(15)27-22)21-14-25-19-8-5-17(13-20(19)26-21)23(29)28-10-2-1-3-11-28;1-2;/h2*5-10,13-15H,2-4,11-12H2,1H3;4-9,12-14H,1-3,10-11H2;1H3;/q;;;-1;+1. The van der Waals surface area contributed by atoms with Gasteiger partial charge in [0.25, 0.3) is 17.7 Å². The van der Waals surface area contributed by atoms with Gasteiger partial charge >= 0.3 is 29.6 Å². The van der Waals surface area contributed by atoms with E-state index in [1.54, 1.807) is 38.9 Å². The SMILES string of the molecule is COc1ccc2cc(-c3cnc4ccc(C(=O)N5CCCCC5)cc4n3)ccc2n1.COc1ccc2cc(-c3cnc4ccc(C(=O)N5CCCCC5)cc4n3)ccc2n1.C[O-].O=C(c1ccc2ncc(-c3ccc4nc(Cl)ccc4c3)nc2c1)N1CCCCC1.[Na+]. The molecule has 3 aliphatic rings. The maximum absolute atomic E-state index is 12.9. The molecule has 0 bridgehead atoms. The van der Waals surface area contributed by atoms with Crippen molar-refractivity contribution in [1.82, 2.24) is 59.6 Å². The number of benzene rings is 6. The number of pyridine rings is 3. The molecule has 0 unspecified atom stereocenters. The van der Waals surface area contributed by atoms with E-state index in [1.807, 2.05) is 154 Å². The predicted octanol–water partition coefficient (Wildman–Crippen LogP) is 10.1. The third-order valence-corrected chi connectivity index (χ3v) is 16.8. The first kappa shape index (κ1) is 64.4. The van der Waals surface area contributed by atoms with Crippen molar-refractivity contribution in [1.29, 1.82) is 0 Å². The summed E-state index contributed by atoms with van der Waals surface area (Å²) < 4.78 is 10.4. The van der Waals surface area contributed by atoms with Gasteiger partial charge in [0.2, 0.25) is 11.8 Å². The minimum atomic E-state index is 0. The number of aromatic nitrogens is 9. The molecule has 20 heteroatoms. The van der Waals surface area contributed by atoms with Gasteiger partial charge in [-0.2, -0.15) is 7.11 Å². The number of amides is 3. The number of hydrogen-bond acceptors (Lipinski definition) is 15. The number of piperidine rings is 3. The van der Waals surface area contributed by atoms with E-state index < -0.39 is 0 Å². The molecule has 6 aromatic heterocycles. The van der Waals surface area contributed by atoms with Gasteiger partial charge in [-0.15, -0.1) is 0 Å². The van der Waals surface area contributed by atoms with Crippen molar-refractivity contribution in [3.63, 3.8) is 0 Å². The van der Waals surface area contributed by atoms with E-state index in [-0.39, 0.29) is 47.3 Å². The average Bonchev–Trinajstić information content (AvgIpc) is 0.941. The van der Waals surface area contributed by atoms with Crippen LogP contribution in [0.1, 0.15) is 88.9 Å². The second kappa shape index (κ2) is 29.9. The molecule has 15 rings (SSSR count). The first-order valence-corrected chi connectivity index (χ1v) is 31.0. The van der Waals surface area contributed by atoms with Crippen molar-refractivity contribution in [3.8, 4) is 45.5 Å². The third-order valence-electron chi connectivity index (χ3n) is 16.6. The second-order valence-corrected chi connectivity index (χ2v) is 22.9. The van der Waals surface area contributed by atoms with Gasteiger partial charge in [0.05, 0.1) is 99.5 Å². The summed E-state index contributed by atoms with van der Waals surface area (Å²) in [5.41, 5.74) is 14.2. The predicted molar refractivity (Wildman–Crippen MR) is 354 cm³/mol. The Kier molecular flexibility index (Phi) is 20.9. The molecular formula is C72H66ClN12NaO6. The molecule has 3 saturated heterocycles. The number of carbonyl (C=O) groups is 3. The normalized spacial score (nSPS) is 13.9. The molecule has 0 aliphatic carbocycles. The minimum absolute atomic E-state index is 0. The quantitative estimate of drug-likeness (QED) is 0.102. The number of likely N-dealkylation sites (tertiary alicyclic amines) is 3. The summed E-state index contributed by atoms with van der Waals surface area (Å²) in [5.74, 6) is 1.41. The van der Waals surface area contributed by atoms with Gasteiger partial charge < -0.3 is 29.3 Å². The van der Waals surface area contributed by atoms with Crippen LogP contribution in [0.15, 0.2) is 164 Å². The summed E-state index contributed by atoms with van der Waals surface area (Å²) >= 11 is 5.97. The van der Waals surface area contributed by atoms with E-state index in [2.05, 4.69) is 29.9 Å². The van der Waals surface area contributed by atoms with Crippen LogP contribution in [-0.2, 0) is 0 Å². The Morgan fingerprint density at radius 2 is 0.663 bits per heavy atom. The molecule has 3 amide bonds. The van der Waals surface area contributed by atoms with Gasteiger partial charge in [-0.3, -0.25) is 29.3 Å². The van der Waals surface area contributed by atoms with Crippen LogP contribution in [0.5, 0.6) is 11.8 Å². The molecule has 92 heavy (non-hydrogen) atoms. The molecule has 6 aromatic carbocycles. The summed E-state index contributed by atoms with van der Waals surface area (Å²) in [7, 11) is 3.97. The summed E-state index contributed by atoms with van der Waals surface area (Å²) in [6.07, 6.45) is 15.4. The van der Waals surface area contributed by atoms with Crippen molar-refractivity contribution >= 4 is 95.1 Å². The van der Waals surface area contributed by atoms with Crippen LogP contribution in [0.2, 0.25) is 5.15 Å². The second-order valence-electron chi connectivity index (χ2n) is 22.5. The molecule has 0 atom stereocenters. The van der Waals surface area contributed by atoms with Crippen LogP contribution in [0, 0.1) is 0 Å². The molecule has 9 heterocycles. The third kappa shape index (κ3) is 14.8. The van der Waals surface area contributed by atoms with E-state index in [0.29, 0.717) is 33.6 Å². The van der Waals surface area contributed by atoms with Crippen molar-refractivity contribution in [3.05, 3.63) is 186 Å². The molecule has 12 aromatic rings. The smallest absolute Gasteiger partial charge is 0.857 e. The zero-order valence-electron chi connectivity index (χ0n) is 51.9. The van der Waals surface area contributed by atoms with Crippen LogP contribution in [0.4, 0.5) is 0 Å². The molecule has 0 spiro atoms. The van der Waals surface area contributed by atoms with Gasteiger partial charge in [0.15, 0.2) is 0 Å². The topological polar surface area (TPSA) is 218 Å². The number of rotatable bonds is 8. The van der Waals surface area contributed by atoms with Gasteiger partial charge in [0, 0.05) is 101 Å². The van der Waals surface area contributed by atoms with Crippen molar-refractivity contribution in [2.24, 2.45) is 0 Å². The monoisotopic (exact) mass is 1250 g/mol. The number of ether oxygens (including phenoxy) is 2. The maximum atomic E-state index is 12.9. The van der Waals surface area contributed by atoms with E-state index in [1.165, 1.54) is 19.3 Å². The Morgan fingerprint density at radius 1 is 0.359 bits per heavy atom. The zero-order chi connectivity index (χ0) is 62.8. The van der Waals surface area contributed by atoms with Crippen molar-refractivity contribution < 1.29 is 58.5 Å². The Balaban J connectivity index is 0.000000139. The largest absolute Gasteiger partial charge is 1.00 e. The molecule has 0 saturated carbocycles. The van der Waals surface area contributed by atoms with Crippen LogP contribution >= 0.6 is 11.6 Å². The maximum Gasteiger partial charge on any atom is 1.00 e. The first-order chi connectivity index (χ1) is 44.6. The Labute approximate surface area is 559 Å². The number of carbonyl (C=O) groups excluding carboxylic acids is 3. The summed E-state index contributed by atoms with van der Waals surface area (Å²) in [6.45, 7) is 4.99. The van der Waals surface area contributed by atoms with Gasteiger partial charge in [-0.05, 0) is 173 Å². The molecule has 18 nitrogen and oxygen atoms in total. The first-order valence-electron chi connectivity index (χ1n) is 30.7. The fourth-order valence-corrected chi connectivity index (χ4v) is 11.9. The number of halogens is 1. The molecule has 0 N–H and O–H groups in total. The summed E-state index contributed by atoms with van der Waals surface area (Å²) in [6, 6.07) is 46.0. The van der Waals surface area contributed by atoms with Crippen LogP contribution in [0.25, 0.3) is 99.6 Å². The van der Waals surface area contributed by atoms with Gasteiger partial charge in [-0.1, -0.05) is 29.8 Å². The average molecular weight is 1250 g/mol. The number of nitrogens with zero attached hydrogens (tertiary/aromatic N) is 12. The molecule has 458 valence electrons. The van der Waals surface area contributed by atoms with E-state index in [9.17, 15) is 14.4 Å². The Bertz CT molecular complexity index is 4480. The Morgan fingerprint density at radius 3 is 0.989 bits per heavy atom. The molecular weight excluding hydrogens is 1190 g/mol. The van der Waals surface area contributed by atoms with E-state index in [4.69, 9.17) is 41.1 Å². The minimum Gasteiger partial charge on any atom is -0.857 e. The van der Waals surface area contributed by atoms with Crippen molar-refractivity contribution in [2.45, 2.75) is 57.8 Å². The fraction of sp³-hybridized carbons (Fsp3) is 0.250. The number of methoxy groups -OCH3 is 2.